The highest BCUT2D eigenvalue weighted by molar-refractivity contribution is 7.91. The number of nitrogens with one attached hydrogen (secondary N) is 1. The predicted molar refractivity (Wildman–Crippen MR) is 56.9 cm³/mol. The Balaban J connectivity index is 1.94. The second-order valence-electron chi connectivity index (χ2n) is 5.10. The predicted octanol–water partition coefficient (Wildman–Crippen LogP) is 0.979. The number of amides is 1. The molecule has 2 fully saturated rings. The van der Waals surface area contributed by atoms with E-state index in [1.807, 2.05) is 0 Å². The van der Waals surface area contributed by atoms with Gasteiger partial charge in [-0.15, -0.1) is 0 Å². The molecule has 0 aromatic carbocycles. The molecule has 2 aliphatic carbocycles. The third kappa shape index (κ3) is 1.95. The van der Waals surface area contributed by atoms with E-state index < -0.39 is 32.8 Å². The van der Waals surface area contributed by atoms with E-state index in [9.17, 15) is 17.6 Å². The summed E-state index contributed by atoms with van der Waals surface area (Å²) in [5.41, 5.74) is 0. The summed E-state index contributed by atoms with van der Waals surface area (Å²) in [6.07, 6.45) is 0.581. The van der Waals surface area contributed by atoms with Gasteiger partial charge in [0.2, 0.25) is 15.9 Å². The van der Waals surface area contributed by atoms with Crippen molar-refractivity contribution in [2.75, 3.05) is 0 Å². The van der Waals surface area contributed by atoms with E-state index >= 15 is 0 Å². The average molecular weight is 249 g/mol. The summed E-state index contributed by atoms with van der Waals surface area (Å²) in [5, 5.41) is 0. The number of hydrogen-bond donors (Lipinski definition) is 1. The molecule has 0 bridgehead atoms. The number of halogens is 1. The molecule has 0 spiro atoms. The van der Waals surface area contributed by atoms with E-state index in [1.165, 1.54) is 6.92 Å². The lowest BCUT2D eigenvalue weighted by atomic mass is 10.2. The molecule has 0 aliphatic heterocycles. The van der Waals surface area contributed by atoms with Crippen molar-refractivity contribution in [3.63, 3.8) is 0 Å². The van der Waals surface area contributed by atoms with Crippen molar-refractivity contribution in [1.29, 1.82) is 0 Å². The Morgan fingerprint density at radius 3 is 2.44 bits per heavy atom. The van der Waals surface area contributed by atoms with Gasteiger partial charge in [0, 0.05) is 11.8 Å². The lowest BCUT2D eigenvalue weighted by Crippen LogP contribution is -2.39. The molecule has 1 N–H and O–H groups in total. The molecule has 2 aliphatic rings. The largest absolute Gasteiger partial charge is 0.274 e. The topological polar surface area (TPSA) is 63.2 Å². The minimum Gasteiger partial charge on any atom is -0.274 e. The molecule has 16 heavy (non-hydrogen) atoms. The molecule has 2 rings (SSSR count). The van der Waals surface area contributed by atoms with Gasteiger partial charge in [-0.05, 0) is 33.1 Å². The number of carbonyl (C=O) groups is 1. The van der Waals surface area contributed by atoms with Crippen LogP contribution in [0, 0.1) is 11.8 Å². The zero-order valence-corrected chi connectivity index (χ0v) is 10.2. The van der Waals surface area contributed by atoms with Crippen LogP contribution in [0.5, 0.6) is 0 Å². The summed E-state index contributed by atoms with van der Waals surface area (Å²) in [5.74, 6) is -1.30. The third-order valence-electron chi connectivity index (χ3n) is 3.60. The van der Waals surface area contributed by atoms with Gasteiger partial charge in [-0.3, -0.25) is 9.52 Å². The number of rotatable bonds is 4. The molecule has 0 saturated heterocycles. The van der Waals surface area contributed by atoms with Gasteiger partial charge in [-0.1, -0.05) is 0 Å². The quantitative estimate of drug-likeness (QED) is 0.807. The molecule has 0 aromatic heterocycles. The van der Waals surface area contributed by atoms with Crippen LogP contribution in [0.4, 0.5) is 4.39 Å². The Hall–Kier alpha value is -0.650. The Bertz CT molecular complexity index is 414. The van der Waals surface area contributed by atoms with Crippen LogP contribution in [0.25, 0.3) is 0 Å². The fourth-order valence-electron chi connectivity index (χ4n) is 1.80. The summed E-state index contributed by atoms with van der Waals surface area (Å²) in [4.78, 5) is 11.6. The molecule has 92 valence electrons. The molecule has 2 saturated carbocycles. The fraction of sp³-hybridized carbons (Fsp3) is 0.900. The molecule has 0 heterocycles. The monoisotopic (exact) mass is 249 g/mol. The molecule has 1 unspecified atom stereocenters. The number of sulfonamides is 1. The van der Waals surface area contributed by atoms with Gasteiger partial charge < -0.3 is 0 Å². The van der Waals surface area contributed by atoms with Crippen LogP contribution < -0.4 is 4.72 Å². The highest BCUT2D eigenvalue weighted by atomic mass is 32.2. The first-order chi connectivity index (χ1) is 7.27. The molecular formula is C10H16FNO3S. The molecule has 3 atom stereocenters. The van der Waals surface area contributed by atoms with E-state index in [-0.39, 0.29) is 5.92 Å². The lowest BCUT2D eigenvalue weighted by Gasteiger charge is -2.11. The molecule has 4 nitrogen and oxygen atoms in total. The normalized spacial score (nSPS) is 32.9. The molecule has 6 heteroatoms. The first-order valence-corrected chi connectivity index (χ1v) is 6.95. The number of hydrogen-bond acceptors (Lipinski definition) is 3. The Morgan fingerprint density at radius 2 is 2.06 bits per heavy atom. The SMILES string of the molecule is CC(F)[C@@H]1C[C@@H]1C(=O)NS(=O)(=O)C1(C)CC1. The van der Waals surface area contributed by atoms with Crippen LogP contribution in [0.15, 0.2) is 0 Å². The van der Waals surface area contributed by atoms with Crippen LogP contribution in [0.3, 0.4) is 0 Å². The molecule has 0 radical (unpaired) electrons. The number of alkyl halides is 1. The van der Waals surface area contributed by atoms with Crippen molar-refractivity contribution in [2.45, 2.75) is 44.0 Å². The van der Waals surface area contributed by atoms with Gasteiger partial charge in [0.15, 0.2) is 0 Å². The van der Waals surface area contributed by atoms with Crippen molar-refractivity contribution in [2.24, 2.45) is 11.8 Å². The first kappa shape index (κ1) is 11.8. The van der Waals surface area contributed by atoms with Crippen LogP contribution in [0.2, 0.25) is 0 Å². The smallest absolute Gasteiger partial charge is 0.240 e. The standard InChI is InChI=1S/C10H16FNO3S/c1-6(11)7-5-8(7)9(13)12-16(14,15)10(2)3-4-10/h6-8H,3-5H2,1-2H3,(H,12,13)/t6?,7-,8-/m0/s1. The van der Waals surface area contributed by atoms with E-state index in [0.29, 0.717) is 19.3 Å². The van der Waals surface area contributed by atoms with Gasteiger partial charge in [0.1, 0.15) is 6.17 Å². The summed E-state index contributed by atoms with van der Waals surface area (Å²) < 4.78 is 37.6. The molecule has 1 amide bonds. The van der Waals surface area contributed by atoms with Gasteiger partial charge >= 0.3 is 0 Å². The maximum atomic E-state index is 12.8. The van der Waals surface area contributed by atoms with Crippen molar-refractivity contribution in [3.8, 4) is 0 Å². The van der Waals surface area contributed by atoms with Crippen LogP contribution in [-0.4, -0.2) is 25.2 Å². The van der Waals surface area contributed by atoms with Gasteiger partial charge in [0.25, 0.3) is 0 Å². The summed E-state index contributed by atoms with van der Waals surface area (Å²) in [6, 6.07) is 0. The Morgan fingerprint density at radius 1 is 1.50 bits per heavy atom. The fourth-order valence-corrected chi connectivity index (χ4v) is 3.10. The summed E-state index contributed by atoms with van der Waals surface area (Å²) in [7, 11) is -3.56. The van der Waals surface area contributed by atoms with Crippen LogP contribution in [-0.2, 0) is 14.8 Å². The van der Waals surface area contributed by atoms with Gasteiger partial charge in [-0.2, -0.15) is 0 Å². The zero-order valence-electron chi connectivity index (χ0n) is 9.36. The van der Waals surface area contributed by atoms with Crippen LogP contribution in [0.1, 0.15) is 33.1 Å². The van der Waals surface area contributed by atoms with Crippen molar-refractivity contribution in [1.82, 2.24) is 4.72 Å². The highest BCUT2D eigenvalue weighted by Crippen LogP contribution is 2.45. The summed E-state index contributed by atoms with van der Waals surface area (Å²) >= 11 is 0. The van der Waals surface area contributed by atoms with E-state index in [1.54, 1.807) is 6.92 Å². The van der Waals surface area contributed by atoms with Gasteiger partial charge in [0.05, 0.1) is 4.75 Å². The first-order valence-electron chi connectivity index (χ1n) is 5.47. The highest BCUT2D eigenvalue weighted by Gasteiger charge is 2.53. The maximum Gasteiger partial charge on any atom is 0.240 e. The lowest BCUT2D eigenvalue weighted by molar-refractivity contribution is -0.121. The van der Waals surface area contributed by atoms with Crippen LogP contribution >= 0.6 is 0 Å². The van der Waals surface area contributed by atoms with Gasteiger partial charge in [-0.25, -0.2) is 12.8 Å². The average Bonchev–Trinajstić information content (AvgIpc) is 2.93. The molecule has 0 aromatic rings. The third-order valence-corrected chi connectivity index (χ3v) is 5.78. The van der Waals surface area contributed by atoms with E-state index in [2.05, 4.69) is 4.72 Å². The van der Waals surface area contributed by atoms with E-state index in [0.717, 1.165) is 0 Å². The number of carbonyl (C=O) groups excluding carboxylic acids is 1. The minimum atomic E-state index is -3.56. The summed E-state index contributed by atoms with van der Waals surface area (Å²) in [6.45, 7) is 3.01. The Kier molecular flexibility index (Phi) is 2.53. The van der Waals surface area contributed by atoms with Crippen molar-refractivity contribution in [3.05, 3.63) is 0 Å². The molecular weight excluding hydrogens is 233 g/mol. The minimum absolute atomic E-state index is 0.304. The van der Waals surface area contributed by atoms with Crippen molar-refractivity contribution >= 4 is 15.9 Å². The second-order valence-corrected chi connectivity index (χ2v) is 7.30. The Labute approximate surface area is 94.6 Å². The van der Waals surface area contributed by atoms with E-state index in [4.69, 9.17) is 0 Å². The maximum absolute atomic E-state index is 12.8. The zero-order chi connectivity index (χ0) is 12.1. The second kappa shape index (κ2) is 3.42. The van der Waals surface area contributed by atoms with Crippen molar-refractivity contribution < 1.29 is 17.6 Å².